The van der Waals surface area contributed by atoms with Crippen molar-refractivity contribution in [3.05, 3.63) is 60.2 Å². The van der Waals surface area contributed by atoms with Crippen LogP contribution in [-0.2, 0) is 11.3 Å². The summed E-state index contributed by atoms with van der Waals surface area (Å²) in [4.78, 5) is 12.1. The van der Waals surface area contributed by atoms with Crippen molar-refractivity contribution in [2.45, 2.75) is 31.8 Å². The molecule has 5 heteroatoms. The van der Waals surface area contributed by atoms with Crippen LogP contribution in [0.3, 0.4) is 0 Å². The number of halogens is 1. The maximum Gasteiger partial charge on any atom is 0.223 e. The van der Waals surface area contributed by atoms with Crippen LogP contribution in [0.1, 0.15) is 24.8 Å². The topological polar surface area (TPSA) is 64.4 Å². The van der Waals surface area contributed by atoms with E-state index < -0.39 is 0 Å². The van der Waals surface area contributed by atoms with Gasteiger partial charge in [-0.2, -0.15) is 0 Å². The van der Waals surface area contributed by atoms with E-state index in [1.807, 2.05) is 54.6 Å². The molecule has 0 bridgehead atoms. The van der Waals surface area contributed by atoms with E-state index in [9.17, 15) is 4.79 Å². The molecule has 2 aromatic carbocycles. The zero-order chi connectivity index (χ0) is 16.1. The quantitative estimate of drug-likeness (QED) is 0.868. The summed E-state index contributed by atoms with van der Waals surface area (Å²) in [5.74, 6) is 1.74. The molecule has 3 N–H and O–H groups in total. The first kappa shape index (κ1) is 18.3. The second kappa shape index (κ2) is 8.71. The van der Waals surface area contributed by atoms with Gasteiger partial charge in [0.25, 0.3) is 0 Å². The van der Waals surface area contributed by atoms with Gasteiger partial charge in [0.15, 0.2) is 0 Å². The standard InChI is InChI=1S/C19H22N2O2.ClH/c20-16-10-9-15(12-16)19(22)21-13-14-5-4-8-18(11-14)23-17-6-2-1-3-7-17;/h1-8,11,15-16H,9-10,12-13,20H2,(H,21,22);1H/t15-,16+;/m0./s1. The summed E-state index contributed by atoms with van der Waals surface area (Å²) in [6.45, 7) is 0.510. The largest absolute Gasteiger partial charge is 0.457 e. The van der Waals surface area contributed by atoms with E-state index >= 15 is 0 Å². The lowest BCUT2D eigenvalue weighted by Crippen LogP contribution is -2.29. The van der Waals surface area contributed by atoms with Crippen molar-refractivity contribution in [2.24, 2.45) is 11.7 Å². The van der Waals surface area contributed by atoms with E-state index in [-0.39, 0.29) is 30.3 Å². The summed E-state index contributed by atoms with van der Waals surface area (Å²) in [6.07, 6.45) is 2.63. The van der Waals surface area contributed by atoms with Gasteiger partial charge in [-0.3, -0.25) is 4.79 Å². The molecule has 1 aliphatic carbocycles. The Morgan fingerprint density at radius 3 is 2.54 bits per heavy atom. The lowest BCUT2D eigenvalue weighted by molar-refractivity contribution is -0.125. The minimum absolute atomic E-state index is 0. The molecule has 0 radical (unpaired) electrons. The fourth-order valence-electron chi connectivity index (χ4n) is 2.93. The maximum atomic E-state index is 12.1. The molecule has 2 atom stereocenters. The molecule has 2 aromatic rings. The number of para-hydroxylation sites is 1. The molecular formula is C19H23ClN2O2. The van der Waals surface area contributed by atoms with Crippen LogP contribution in [-0.4, -0.2) is 11.9 Å². The highest BCUT2D eigenvalue weighted by atomic mass is 35.5. The summed E-state index contributed by atoms with van der Waals surface area (Å²) >= 11 is 0. The Hall–Kier alpha value is -2.04. The number of amides is 1. The fraction of sp³-hybridized carbons (Fsp3) is 0.316. The van der Waals surface area contributed by atoms with Gasteiger partial charge in [-0.1, -0.05) is 30.3 Å². The van der Waals surface area contributed by atoms with E-state index in [4.69, 9.17) is 10.5 Å². The van der Waals surface area contributed by atoms with Gasteiger partial charge < -0.3 is 15.8 Å². The highest BCUT2D eigenvalue weighted by Gasteiger charge is 2.27. The van der Waals surface area contributed by atoms with Gasteiger partial charge in [0, 0.05) is 18.5 Å². The van der Waals surface area contributed by atoms with Gasteiger partial charge in [0.05, 0.1) is 0 Å². The number of carbonyl (C=O) groups is 1. The first-order valence-electron chi connectivity index (χ1n) is 8.06. The Balaban J connectivity index is 0.00000208. The van der Waals surface area contributed by atoms with E-state index in [0.29, 0.717) is 6.54 Å². The maximum absolute atomic E-state index is 12.1. The molecule has 1 aliphatic rings. The van der Waals surface area contributed by atoms with Gasteiger partial charge in [-0.25, -0.2) is 0 Å². The predicted octanol–water partition coefficient (Wildman–Crippen LogP) is 3.64. The molecule has 0 saturated heterocycles. The number of hydrogen-bond acceptors (Lipinski definition) is 3. The Kier molecular flexibility index (Phi) is 6.64. The molecule has 0 heterocycles. The van der Waals surface area contributed by atoms with Gasteiger partial charge in [0.1, 0.15) is 11.5 Å². The van der Waals surface area contributed by atoms with Crippen molar-refractivity contribution >= 4 is 18.3 Å². The Bertz CT molecular complexity index is 663. The lowest BCUT2D eigenvalue weighted by atomic mass is 10.1. The van der Waals surface area contributed by atoms with Crippen LogP contribution in [0, 0.1) is 5.92 Å². The third-order valence-electron chi connectivity index (χ3n) is 4.19. The lowest BCUT2D eigenvalue weighted by Gasteiger charge is -2.12. The Labute approximate surface area is 148 Å². The van der Waals surface area contributed by atoms with Crippen LogP contribution in [0.25, 0.3) is 0 Å². The Morgan fingerprint density at radius 1 is 1.08 bits per heavy atom. The van der Waals surface area contributed by atoms with E-state index in [2.05, 4.69) is 5.32 Å². The molecule has 3 rings (SSSR count). The number of benzene rings is 2. The molecule has 1 amide bonds. The summed E-state index contributed by atoms with van der Waals surface area (Å²) < 4.78 is 5.81. The molecule has 24 heavy (non-hydrogen) atoms. The zero-order valence-corrected chi connectivity index (χ0v) is 14.3. The summed E-state index contributed by atoms with van der Waals surface area (Å²) in [7, 11) is 0. The first-order chi connectivity index (χ1) is 11.2. The van der Waals surface area contributed by atoms with Gasteiger partial charge in [0.2, 0.25) is 5.91 Å². The second-order valence-electron chi connectivity index (χ2n) is 6.05. The average molecular weight is 347 g/mol. The third kappa shape index (κ3) is 4.98. The van der Waals surface area contributed by atoms with Crippen LogP contribution in [0.2, 0.25) is 0 Å². The molecule has 1 saturated carbocycles. The van der Waals surface area contributed by atoms with Crippen LogP contribution in [0.15, 0.2) is 54.6 Å². The van der Waals surface area contributed by atoms with E-state index in [1.165, 1.54) is 0 Å². The SMILES string of the molecule is Cl.N[C@@H]1CC[C@H](C(=O)NCc2cccc(Oc3ccccc3)c2)C1. The molecule has 0 spiro atoms. The predicted molar refractivity (Wildman–Crippen MR) is 97.4 cm³/mol. The fourth-order valence-corrected chi connectivity index (χ4v) is 2.93. The number of hydrogen-bond donors (Lipinski definition) is 2. The van der Waals surface area contributed by atoms with E-state index in [1.54, 1.807) is 0 Å². The second-order valence-corrected chi connectivity index (χ2v) is 6.05. The highest BCUT2D eigenvalue weighted by Crippen LogP contribution is 2.25. The van der Waals surface area contributed by atoms with Crippen LogP contribution < -0.4 is 15.8 Å². The smallest absolute Gasteiger partial charge is 0.223 e. The summed E-state index contributed by atoms with van der Waals surface area (Å²) in [5.41, 5.74) is 6.89. The number of carbonyl (C=O) groups excluding carboxylic acids is 1. The van der Waals surface area contributed by atoms with Crippen molar-refractivity contribution in [1.29, 1.82) is 0 Å². The van der Waals surface area contributed by atoms with Crippen LogP contribution >= 0.6 is 12.4 Å². The minimum atomic E-state index is 0. The molecule has 0 aliphatic heterocycles. The minimum Gasteiger partial charge on any atom is -0.457 e. The monoisotopic (exact) mass is 346 g/mol. The van der Waals surface area contributed by atoms with Gasteiger partial charge >= 0.3 is 0 Å². The molecule has 128 valence electrons. The highest BCUT2D eigenvalue weighted by molar-refractivity contribution is 5.85. The first-order valence-corrected chi connectivity index (χ1v) is 8.06. The number of nitrogens with one attached hydrogen (secondary N) is 1. The normalized spacial score (nSPS) is 19.4. The van der Waals surface area contributed by atoms with Crippen molar-refractivity contribution in [3.63, 3.8) is 0 Å². The van der Waals surface area contributed by atoms with Gasteiger partial charge in [-0.15, -0.1) is 12.4 Å². The third-order valence-corrected chi connectivity index (χ3v) is 4.19. The zero-order valence-electron chi connectivity index (χ0n) is 13.5. The number of ether oxygens (including phenoxy) is 1. The Morgan fingerprint density at radius 2 is 1.83 bits per heavy atom. The average Bonchev–Trinajstić information content (AvgIpc) is 3.01. The molecule has 1 fully saturated rings. The summed E-state index contributed by atoms with van der Waals surface area (Å²) in [5, 5.41) is 3.00. The van der Waals surface area contributed by atoms with Crippen molar-refractivity contribution < 1.29 is 9.53 Å². The van der Waals surface area contributed by atoms with Gasteiger partial charge in [-0.05, 0) is 49.1 Å². The number of rotatable bonds is 5. The molecule has 0 aromatic heterocycles. The van der Waals surface area contributed by atoms with Crippen LogP contribution in [0.5, 0.6) is 11.5 Å². The molecular weight excluding hydrogens is 324 g/mol. The number of nitrogens with two attached hydrogens (primary N) is 1. The van der Waals surface area contributed by atoms with E-state index in [0.717, 1.165) is 36.3 Å². The summed E-state index contributed by atoms with van der Waals surface area (Å²) in [6, 6.07) is 17.6. The molecule has 4 nitrogen and oxygen atoms in total. The van der Waals surface area contributed by atoms with Crippen LogP contribution in [0.4, 0.5) is 0 Å². The molecule has 0 unspecified atom stereocenters. The van der Waals surface area contributed by atoms with Crippen molar-refractivity contribution in [1.82, 2.24) is 5.32 Å². The van der Waals surface area contributed by atoms with Crippen molar-refractivity contribution in [3.8, 4) is 11.5 Å². The van der Waals surface area contributed by atoms with Crippen molar-refractivity contribution in [2.75, 3.05) is 0 Å².